The number of unbranched alkanes of at least 4 members (excludes halogenated alkanes) is 11. The summed E-state index contributed by atoms with van der Waals surface area (Å²) in [6.45, 7) is 2.27. The molecule has 1 heterocycles. The van der Waals surface area contributed by atoms with E-state index in [1.807, 2.05) is 6.08 Å². The van der Waals surface area contributed by atoms with Gasteiger partial charge in [0.2, 0.25) is 0 Å². The van der Waals surface area contributed by atoms with Crippen LogP contribution in [0.2, 0.25) is 0 Å². The molecule has 1 aliphatic heterocycles. The molecular formula is C23H38O5. The van der Waals surface area contributed by atoms with Gasteiger partial charge >= 0.3 is 17.9 Å². The molecule has 0 radical (unpaired) electrons. The fourth-order valence-electron chi connectivity index (χ4n) is 2.74. The lowest BCUT2D eigenvalue weighted by atomic mass is 10.1. The van der Waals surface area contributed by atoms with Crippen molar-refractivity contribution in [3.8, 4) is 0 Å². The fourth-order valence-corrected chi connectivity index (χ4v) is 2.74. The highest BCUT2D eigenvalue weighted by Crippen LogP contribution is 2.12. The molecule has 0 unspecified atom stereocenters. The monoisotopic (exact) mass is 394 g/mol. The molecule has 0 amide bonds. The normalized spacial score (nSPS) is 13.6. The van der Waals surface area contributed by atoms with Crippen molar-refractivity contribution >= 4 is 17.9 Å². The summed E-state index contributed by atoms with van der Waals surface area (Å²) < 4.78 is 8.59. The van der Waals surface area contributed by atoms with E-state index in [0.717, 1.165) is 6.42 Å². The maximum absolute atomic E-state index is 10.8. The van der Waals surface area contributed by atoms with E-state index in [4.69, 9.17) is 0 Å². The molecule has 0 aliphatic carbocycles. The molecule has 5 nitrogen and oxygen atoms in total. The Labute approximate surface area is 170 Å². The SMILES string of the molecule is CCCCCCCCCCCCCC=CC=CC(=O)OC.O=C1CCC(=O)O1. The van der Waals surface area contributed by atoms with E-state index >= 15 is 0 Å². The van der Waals surface area contributed by atoms with Gasteiger partial charge < -0.3 is 9.47 Å². The van der Waals surface area contributed by atoms with Crippen LogP contribution < -0.4 is 0 Å². The minimum absolute atomic E-state index is 0.263. The molecule has 160 valence electrons. The van der Waals surface area contributed by atoms with Crippen LogP contribution >= 0.6 is 0 Å². The van der Waals surface area contributed by atoms with Gasteiger partial charge in [-0.25, -0.2) is 4.79 Å². The molecule has 0 bridgehead atoms. The number of esters is 3. The summed E-state index contributed by atoms with van der Waals surface area (Å²) in [4.78, 5) is 30.8. The zero-order valence-corrected chi connectivity index (χ0v) is 17.8. The van der Waals surface area contributed by atoms with Crippen LogP contribution in [0.1, 0.15) is 96.8 Å². The number of hydrogen-bond acceptors (Lipinski definition) is 5. The Morgan fingerprint density at radius 2 is 1.36 bits per heavy atom. The van der Waals surface area contributed by atoms with E-state index in [1.54, 1.807) is 6.08 Å². The molecule has 1 saturated heterocycles. The van der Waals surface area contributed by atoms with E-state index < -0.39 is 11.9 Å². The van der Waals surface area contributed by atoms with Crippen LogP contribution in [0.3, 0.4) is 0 Å². The number of allylic oxidation sites excluding steroid dienone is 3. The summed E-state index contributed by atoms with van der Waals surface area (Å²) in [6.07, 6.45) is 24.0. The molecule has 0 N–H and O–H groups in total. The molecule has 0 aromatic heterocycles. The second-order valence-electron chi connectivity index (χ2n) is 6.98. The average Bonchev–Trinajstić information content (AvgIpc) is 3.07. The van der Waals surface area contributed by atoms with E-state index in [9.17, 15) is 14.4 Å². The molecule has 0 atom stereocenters. The first-order chi connectivity index (χ1) is 13.6. The van der Waals surface area contributed by atoms with E-state index in [2.05, 4.69) is 22.5 Å². The fraction of sp³-hybridized carbons (Fsp3) is 0.696. The zero-order valence-electron chi connectivity index (χ0n) is 17.8. The molecule has 1 aliphatic rings. The van der Waals surface area contributed by atoms with Crippen molar-refractivity contribution < 1.29 is 23.9 Å². The van der Waals surface area contributed by atoms with Crippen LogP contribution in [-0.4, -0.2) is 25.0 Å². The lowest BCUT2D eigenvalue weighted by Gasteiger charge is -2.01. The highest BCUT2D eigenvalue weighted by Gasteiger charge is 2.19. The summed E-state index contributed by atoms with van der Waals surface area (Å²) in [7, 11) is 1.39. The second kappa shape index (κ2) is 19.8. The molecule has 5 heteroatoms. The maximum Gasteiger partial charge on any atom is 0.330 e. The minimum atomic E-state index is -0.398. The first-order valence-corrected chi connectivity index (χ1v) is 10.7. The largest absolute Gasteiger partial charge is 0.466 e. The molecule has 0 aromatic rings. The summed E-state index contributed by atoms with van der Waals surface area (Å²) in [6, 6.07) is 0. The Hall–Kier alpha value is -1.91. The summed E-state index contributed by atoms with van der Waals surface area (Å²) in [5.74, 6) is -1.09. The highest BCUT2D eigenvalue weighted by atomic mass is 16.6. The predicted octanol–water partition coefficient (Wildman–Crippen LogP) is 5.82. The molecular weight excluding hydrogens is 356 g/mol. The lowest BCUT2D eigenvalue weighted by Crippen LogP contribution is -1.94. The van der Waals surface area contributed by atoms with Crippen LogP contribution in [0.25, 0.3) is 0 Å². The smallest absolute Gasteiger partial charge is 0.330 e. The summed E-state index contributed by atoms with van der Waals surface area (Å²) >= 11 is 0. The standard InChI is InChI=1S/C19H34O2.C4H4O3/c1-3-4-5-6-7-8-9-10-11-12-13-14-15-16-17-18-19(20)21-2;5-3-1-2-4(6)7-3/h15-18H,3-14H2,1-2H3;1-2H2. The summed E-state index contributed by atoms with van der Waals surface area (Å²) in [5.41, 5.74) is 0. The number of rotatable bonds is 14. The molecule has 1 rings (SSSR count). The minimum Gasteiger partial charge on any atom is -0.466 e. The van der Waals surface area contributed by atoms with E-state index in [-0.39, 0.29) is 18.8 Å². The van der Waals surface area contributed by atoms with Gasteiger partial charge in [-0.15, -0.1) is 0 Å². The van der Waals surface area contributed by atoms with E-state index in [1.165, 1.54) is 83.8 Å². The van der Waals surface area contributed by atoms with Crippen molar-refractivity contribution in [1.29, 1.82) is 0 Å². The van der Waals surface area contributed by atoms with Crippen LogP contribution in [0, 0.1) is 0 Å². The third-order valence-corrected chi connectivity index (χ3v) is 4.42. The van der Waals surface area contributed by atoms with Gasteiger partial charge in [-0.2, -0.15) is 0 Å². The molecule has 1 fully saturated rings. The number of methoxy groups -OCH3 is 1. The van der Waals surface area contributed by atoms with Gasteiger partial charge in [-0.1, -0.05) is 89.4 Å². The second-order valence-corrected chi connectivity index (χ2v) is 6.98. The Bertz CT molecular complexity index is 465. The Morgan fingerprint density at radius 3 is 1.79 bits per heavy atom. The zero-order chi connectivity index (χ0) is 20.9. The first kappa shape index (κ1) is 26.1. The van der Waals surface area contributed by atoms with Gasteiger partial charge in [-0.05, 0) is 12.8 Å². The number of hydrogen-bond donors (Lipinski definition) is 0. The Balaban J connectivity index is 0.000000861. The maximum atomic E-state index is 10.8. The first-order valence-electron chi connectivity index (χ1n) is 10.7. The third kappa shape index (κ3) is 18.9. The molecule has 0 spiro atoms. The van der Waals surface area contributed by atoms with Gasteiger partial charge in [0.15, 0.2) is 0 Å². The quantitative estimate of drug-likeness (QED) is 0.122. The Morgan fingerprint density at radius 1 is 0.857 bits per heavy atom. The van der Waals surface area contributed by atoms with Crippen molar-refractivity contribution in [2.45, 2.75) is 96.8 Å². The van der Waals surface area contributed by atoms with Crippen LogP contribution in [0.5, 0.6) is 0 Å². The topological polar surface area (TPSA) is 69.7 Å². The van der Waals surface area contributed by atoms with Crippen molar-refractivity contribution in [3.05, 3.63) is 24.3 Å². The Kier molecular flexibility index (Phi) is 18.5. The van der Waals surface area contributed by atoms with Gasteiger partial charge in [0.05, 0.1) is 20.0 Å². The molecule has 0 aromatic carbocycles. The van der Waals surface area contributed by atoms with Gasteiger partial charge in [0.25, 0.3) is 0 Å². The molecule has 28 heavy (non-hydrogen) atoms. The van der Waals surface area contributed by atoms with Crippen molar-refractivity contribution in [2.75, 3.05) is 7.11 Å². The lowest BCUT2D eigenvalue weighted by molar-refractivity contribution is -0.152. The van der Waals surface area contributed by atoms with Crippen molar-refractivity contribution in [2.24, 2.45) is 0 Å². The highest BCUT2D eigenvalue weighted by molar-refractivity contribution is 5.92. The molecule has 0 saturated carbocycles. The predicted molar refractivity (Wildman–Crippen MR) is 112 cm³/mol. The van der Waals surface area contributed by atoms with Crippen molar-refractivity contribution in [1.82, 2.24) is 0 Å². The number of carbonyl (C=O) groups is 3. The number of ether oxygens (including phenoxy) is 2. The van der Waals surface area contributed by atoms with Gasteiger partial charge in [0.1, 0.15) is 0 Å². The van der Waals surface area contributed by atoms with Crippen molar-refractivity contribution in [3.63, 3.8) is 0 Å². The van der Waals surface area contributed by atoms with Crippen LogP contribution in [-0.2, 0) is 23.9 Å². The van der Waals surface area contributed by atoms with E-state index in [0.29, 0.717) is 0 Å². The summed E-state index contributed by atoms with van der Waals surface area (Å²) in [5, 5.41) is 0. The van der Waals surface area contributed by atoms with Gasteiger partial charge in [0, 0.05) is 6.08 Å². The third-order valence-electron chi connectivity index (χ3n) is 4.42. The van der Waals surface area contributed by atoms with Crippen LogP contribution in [0.15, 0.2) is 24.3 Å². The van der Waals surface area contributed by atoms with Gasteiger partial charge in [-0.3, -0.25) is 9.59 Å². The van der Waals surface area contributed by atoms with Crippen LogP contribution in [0.4, 0.5) is 0 Å². The number of cyclic esters (lactones) is 2. The number of carbonyl (C=O) groups excluding carboxylic acids is 3. The average molecular weight is 395 g/mol.